The van der Waals surface area contributed by atoms with Gasteiger partial charge in [-0.15, -0.1) is 0 Å². The van der Waals surface area contributed by atoms with Gasteiger partial charge < -0.3 is 54.8 Å². The standard InChI is InChI=1S/C48H65N5O12/c1-11-32(55)53-21-19-48(20-22-53)50-36-33-34-41(58)29(7)44-35(33)45(52-61)47(9,65-44)63-23-14-12-13-18-31(62-10)26(4)43(64-30(8)54)28(6)40(57)27(5)39(56)24(2)16-15-17-25(3)46(60)49-38(42(34)59)37(36)51-48/h13,15-18,24,26-28,31,39-40,43,56-59,61H,11-12,14,19-23H2,1-10H3,(H,49,60)/b16-15+,18-13+,25-17-,52-45-. The number of nitrogens with one attached hydrogen (secondary N) is 1. The normalized spacial score (nSPS) is 32.2. The molecular formula is C48H65N5O12. The second-order valence-electron chi connectivity index (χ2n) is 18.1. The fourth-order valence-corrected chi connectivity index (χ4v) is 9.55. The number of likely N-dealkylation sites (tertiary alicyclic amines) is 1. The van der Waals surface area contributed by atoms with E-state index < -0.39 is 77.2 Å². The van der Waals surface area contributed by atoms with E-state index >= 15 is 0 Å². The van der Waals surface area contributed by atoms with Gasteiger partial charge in [0.2, 0.25) is 5.91 Å². The largest absolute Gasteiger partial charge is 0.507 e. The first-order valence-electron chi connectivity index (χ1n) is 22.5. The molecule has 0 aromatic heterocycles. The number of allylic oxidation sites excluding steroid dienone is 3. The highest BCUT2D eigenvalue weighted by Crippen LogP contribution is 2.50. The lowest BCUT2D eigenvalue weighted by molar-refractivity contribution is -0.160. The number of piperidine rings is 1. The Morgan fingerprint density at radius 3 is 2.29 bits per heavy atom. The molecule has 4 heterocycles. The maximum absolute atomic E-state index is 14.0. The number of rotatable bonds is 3. The minimum Gasteiger partial charge on any atom is -0.507 e. The number of aromatic hydroxyl groups is 2. The average molecular weight is 904 g/mol. The van der Waals surface area contributed by atoms with E-state index in [9.17, 15) is 40.0 Å². The Labute approximate surface area is 379 Å². The molecule has 17 nitrogen and oxygen atoms in total. The summed E-state index contributed by atoms with van der Waals surface area (Å²) >= 11 is 0. The third-order valence-electron chi connectivity index (χ3n) is 13.6. The van der Waals surface area contributed by atoms with E-state index in [-0.39, 0.29) is 73.6 Å². The van der Waals surface area contributed by atoms with Crippen LogP contribution in [0.5, 0.6) is 17.2 Å². The Hall–Kier alpha value is -5.36. The van der Waals surface area contributed by atoms with E-state index in [2.05, 4.69) is 10.5 Å². The number of esters is 1. The van der Waals surface area contributed by atoms with E-state index in [1.165, 1.54) is 6.92 Å². The zero-order valence-corrected chi connectivity index (χ0v) is 39.0. The van der Waals surface area contributed by atoms with Crippen molar-refractivity contribution >= 4 is 40.0 Å². The molecule has 2 aromatic carbocycles. The third kappa shape index (κ3) is 9.38. The van der Waals surface area contributed by atoms with Crippen LogP contribution in [-0.4, -0.2) is 117 Å². The smallest absolute Gasteiger partial charge is 0.302 e. The molecule has 17 heteroatoms. The molecule has 4 bridgehead atoms. The van der Waals surface area contributed by atoms with Gasteiger partial charge in [-0.05, 0) is 26.7 Å². The maximum Gasteiger partial charge on any atom is 0.302 e. The average Bonchev–Trinajstić information content (AvgIpc) is 3.80. The van der Waals surface area contributed by atoms with Crippen LogP contribution in [0, 0.1) is 30.6 Å². The predicted octanol–water partition coefficient (Wildman–Crippen LogP) is 4.85. The van der Waals surface area contributed by atoms with Crippen LogP contribution in [0.2, 0.25) is 0 Å². The van der Waals surface area contributed by atoms with E-state index in [0.29, 0.717) is 45.2 Å². The molecule has 9 unspecified atom stereocenters. The van der Waals surface area contributed by atoms with Crippen molar-refractivity contribution in [2.24, 2.45) is 38.8 Å². The number of benzene rings is 2. The summed E-state index contributed by atoms with van der Waals surface area (Å²) in [5.41, 5.74) is -0.565. The maximum atomic E-state index is 14.0. The van der Waals surface area contributed by atoms with Crippen LogP contribution in [0.15, 0.2) is 51.1 Å². The van der Waals surface area contributed by atoms with Crippen molar-refractivity contribution in [3.63, 3.8) is 0 Å². The molecule has 0 saturated carbocycles. The summed E-state index contributed by atoms with van der Waals surface area (Å²) in [5.74, 6) is -5.66. The van der Waals surface area contributed by atoms with Gasteiger partial charge in [-0.25, -0.2) is 0 Å². The Morgan fingerprint density at radius 1 is 0.985 bits per heavy atom. The van der Waals surface area contributed by atoms with Gasteiger partial charge in [0, 0.05) is 93.5 Å². The van der Waals surface area contributed by atoms with Crippen molar-refractivity contribution < 1.29 is 59.0 Å². The molecule has 1 fully saturated rings. The van der Waals surface area contributed by atoms with Crippen LogP contribution in [0.25, 0.3) is 10.8 Å². The van der Waals surface area contributed by atoms with Crippen LogP contribution >= 0.6 is 0 Å². The zero-order valence-electron chi connectivity index (χ0n) is 39.0. The number of hydrogen-bond acceptors (Lipinski definition) is 15. The molecule has 6 N–H and O–H groups in total. The topological polar surface area (TPSA) is 242 Å². The van der Waals surface area contributed by atoms with Crippen LogP contribution in [0.4, 0.5) is 5.69 Å². The molecule has 1 spiro atoms. The number of phenolic OH excluding ortho intramolecular Hbond substituents is 2. The summed E-state index contributed by atoms with van der Waals surface area (Å²) in [5, 5.41) is 64.8. The molecule has 6 rings (SSSR count). The number of anilines is 1. The van der Waals surface area contributed by atoms with Crippen molar-refractivity contribution in [3.8, 4) is 17.2 Å². The van der Waals surface area contributed by atoms with Gasteiger partial charge in [-0.1, -0.05) is 70.2 Å². The predicted molar refractivity (Wildman–Crippen MR) is 241 cm³/mol. The van der Waals surface area contributed by atoms with Crippen molar-refractivity contribution in [3.05, 3.63) is 57.8 Å². The number of phenols is 2. The number of fused-ring (bicyclic) bond motifs is 1. The molecule has 2 aromatic rings. The Kier molecular flexibility index (Phi) is 14.8. The first-order chi connectivity index (χ1) is 30.7. The Morgan fingerprint density at radius 2 is 1.66 bits per heavy atom. The second-order valence-corrected chi connectivity index (χ2v) is 18.1. The SMILES string of the molecule is CCC(=O)N1CCC2(CC1)N=c1c3c(O)c4c(O)c(C)c5c(c4c1=N2)/C(=N/O)C(C)(OCCC/C=C/C(OC)C(C)C(OC(C)=O)C(C)C(O)C(C)C(O)C(C)/C=C/C=C(/C)C(=O)N3)O5. The fourth-order valence-electron chi connectivity index (χ4n) is 9.55. The fraction of sp³-hybridized carbons (Fsp3) is 0.583. The number of oxime groups is 1. The van der Waals surface area contributed by atoms with Crippen LogP contribution in [0.3, 0.4) is 0 Å². The molecule has 65 heavy (non-hydrogen) atoms. The van der Waals surface area contributed by atoms with Crippen LogP contribution in [0.1, 0.15) is 98.6 Å². The molecule has 4 aliphatic heterocycles. The molecule has 4 aliphatic rings. The quantitative estimate of drug-likeness (QED) is 0.0797. The monoisotopic (exact) mass is 903 g/mol. The summed E-state index contributed by atoms with van der Waals surface area (Å²) in [6, 6.07) is 0. The summed E-state index contributed by atoms with van der Waals surface area (Å²) in [7, 11) is 1.55. The molecule has 0 aliphatic carbocycles. The van der Waals surface area contributed by atoms with Gasteiger partial charge in [0.25, 0.3) is 11.7 Å². The number of aliphatic hydroxyl groups excluding tert-OH is 2. The minimum absolute atomic E-state index is 0.000118. The number of methoxy groups -OCH3 is 1. The van der Waals surface area contributed by atoms with E-state index in [1.54, 1.807) is 78.7 Å². The van der Waals surface area contributed by atoms with Crippen LogP contribution in [-0.2, 0) is 28.6 Å². The Bertz CT molecular complexity index is 2440. The molecule has 354 valence electrons. The molecule has 2 amide bonds. The minimum atomic E-state index is -1.67. The highest BCUT2D eigenvalue weighted by atomic mass is 16.7. The molecule has 0 radical (unpaired) electrons. The van der Waals surface area contributed by atoms with Crippen molar-refractivity contribution in [1.29, 1.82) is 0 Å². The number of hydrogen-bond donors (Lipinski definition) is 6. The number of amides is 2. The van der Waals surface area contributed by atoms with Crippen molar-refractivity contribution in [2.75, 3.05) is 32.1 Å². The molecular weight excluding hydrogens is 839 g/mol. The van der Waals surface area contributed by atoms with E-state index in [4.69, 9.17) is 28.9 Å². The van der Waals surface area contributed by atoms with Gasteiger partial charge in [0.15, 0.2) is 17.1 Å². The summed E-state index contributed by atoms with van der Waals surface area (Å²) in [6.45, 7) is 15.9. The first-order valence-corrected chi connectivity index (χ1v) is 22.5. The second kappa shape index (κ2) is 19.6. The number of carbonyl (C=O) groups excluding carboxylic acids is 3. The number of ether oxygens (including phenoxy) is 4. The number of nitrogens with zero attached hydrogens (tertiary/aromatic N) is 4. The lowest BCUT2D eigenvalue weighted by Crippen LogP contribution is -2.46. The lowest BCUT2D eigenvalue weighted by Gasteiger charge is -2.38. The van der Waals surface area contributed by atoms with Gasteiger partial charge in [0.05, 0.1) is 41.2 Å². The van der Waals surface area contributed by atoms with Crippen molar-refractivity contribution in [2.45, 2.75) is 130 Å². The first kappa shape index (κ1) is 49.1. The van der Waals surface area contributed by atoms with Crippen LogP contribution < -0.4 is 20.8 Å². The summed E-state index contributed by atoms with van der Waals surface area (Å²) in [4.78, 5) is 51.0. The van der Waals surface area contributed by atoms with E-state index in [0.717, 1.165) is 0 Å². The summed E-state index contributed by atoms with van der Waals surface area (Å²) < 4.78 is 24.4. The highest BCUT2D eigenvalue weighted by molar-refractivity contribution is 6.21. The zero-order chi connectivity index (χ0) is 47.7. The third-order valence-corrected chi connectivity index (χ3v) is 13.6. The van der Waals surface area contributed by atoms with Gasteiger partial charge in [-0.2, -0.15) is 0 Å². The molecule has 1 saturated heterocycles. The van der Waals surface area contributed by atoms with Crippen molar-refractivity contribution in [1.82, 2.24) is 4.90 Å². The van der Waals surface area contributed by atoms with E-state index in [1.807, 2.05) is 19.1 Å². The van der Waals surface area contributed by atoms with Gasteiger partial charge in [0.1, 0.15) is 28.6 Å². The number of carbonyl (C=O) groups is 3. The lowest BCUT2D eigenvalue weighted by atomic mass is 9.78. The number of aliphatic hydroxyl groups is 2. The van der Waals surface area contributed by atoms with Gasteiger partial charge in [-0.3, -0.25) is 24.4 Å². The van der Waals surface area contributed by atoms with Gasteiger partial charge >= 0.3 is 5.97 Å². The highest BCUT2D eigenvalue weighted by Gasteiger charge is 2.48. The summed E-state index contributed by atoms with van der Waals surface area (Å²) in [6.07, 6.45) is 7.28. The Balaban J connectivity index is 1.48. The molecule has 9 atom stereocenters.